The second-order valence-electron chi connectivity index (χ2n) is 2.84. The summed E-state index contributed by atoms with van der Waals surface area (Å²) in [4.78, 5) is 3.65. The summed E-state index contributed by atoms with van der Waals surface area (Å²) in [5, 5.41) is 8.85. The molecule has 0 atom stereocenters. The van der Waals surface area contributed by atoms with E-state index in [0.29, 0.717) is 16.6 Å². The van der Waals surface area contributed by atoms with E-state index in [4.69, 9.17) is 11.0 Å². The van der Waals surface area contributed by atoms with Crippen molar-refractivity contribution < 1.29 is 8.78 Å². The molecule has 0 amide bonds. The zero-order valence-electron chi connectivity index (χ0n) is 7.67. The summed E-state index contributed by atoms with van der Waals surface area (Å²) in [6.07, 6.45) is -2.72. The molecule has 2 N–H and O–H groups in total. The lowest BCUT2D eigenvalue weighted by Crippen LogP contribution is -2.05. The fraction of sp³-hybridized carbons (Fsp3) is 0.333. The highest BCUT2D eigenvalue weighted by Crippen LogP contribution is 2.25. The zero-order chi connectivity index (χ0) is 11.4. The summed E-state index contributed by atoms with van der Waals surface area (Å²) in [7, 11) is 0. The van der Waals surface area contributed by atoms with Gasteiger partial charge in [0.2, 0.25) is 0 Å². The number of nitrogens with two attached hydrogens (primary N) is 1. The van der Waals surface area contributed by atoms with Gasteiger partial charge in [-0.2, -0.15) is 5.26 Å². The van der Waals surface area contributed by atoms with E-state index < -0.39 is 6.43 Å². The van der Waals surface area contributed by atoms with Crippen LogP contribution in [0.15, 0.2) is 6.07 Å². The molecule has 1 aromatic heterocycles. The Morgan fingerprint density at radius 1 is 1.60 bits per heavy atom. The van der Waals surface area contributed by atoms with E-state index in [2.05, 4.69) is 20.9 Å². The van der Waals surface area contributed by atoms with Crippen LogP contribution in [0.5, 0.6) is 0 Å². The Balaban J connectivity index is 3.26. The summed E-state index contributed by atoms with van der Waals surface area (Å²) in [6.45, 7) is 0. The Kier molecular flexibility index (Phi) is 3.97. The summed E-state index contributed by atoms with van der Waals surface area (Å²) < 4.78 is 24.9. The third-order valence-electron chi connectivity index (χ3n) is 1.86. The number of nitrogens with zero attached hydrogens (tertiary/aromatic N) is 2. The molecule has 0 aliphatic carbocycles. The summed E-state index contributed by atoms with van der Waals surface area (Å²) in [5.41, 5.74) is 6.37. The van der Waals surface area contributed by atoms with Crippen LogP contribution in [-0.2, 0) is 11.8 Å². The molecule has 1 aromatic rings. The van der Waals surface area contributed by atoms with Gasteiger partial charge in [-0.05, 0) is 11.6 Å². The van der Waals surface area contributed by atoms with Crippen molar-refractivity contribution >= 4 is 21.6 Å². The molecule has 1 rings (SSSR count). The summed E-state index contributed by atoms with van der Waals surface area (Å²) >= 11 is 3.14. The number of nitriles is 1. The molecular weight excluding hydrogens is 268 g/mol. The van der Waals surface area contributed by atoms with Crippen LogP contribution in [0.1, 0.15) is 23.4 Å². The van der Waals surface area contributed by atoms with Crippen LogP contribution in [0, 0.1) is 11.3 Å². The van der Waals surface area contributed by atoms with Crippen molar-refractivity contribution in [1.29, 1.82) is 5.26 Å². The predicted molar refractivity (Wildman–Crippen MR) is 55.6 cm³/mol. The summed E-state index contributed by atoms with van der Waals surface area (Å²) in [6, 6.07) is 3.09. The van der Waals surface area contributed by atoms with Crippen LogP contribution in [0.3, 0.4) is 0 Å². The van der Waals surface area contributed by atoms with Gasteiger partial charge in [0.1, 0.15) is 5.69 Å². The fourth-order valence-corrected chi connectivity index (χ4v) is 1.59. The molecule has 0 bridgehead atoms. The molecule has 6 heteroatoms. The highest BCUT2D eigenvalue weighted by Gasteiger charge is 2.15. The van der Waals surface area contributed by atoms with E-state index in [1.807, 2.05) is 6.07 Å². The number of alkyl halides is 3. The maximum atomic E-state index is 12.4. The molecule has 0 aliphatic rings. The van der Waals surface area contributed by atoms with E-state index in [1.165, 1.54) is 6.07 Å². The molecule has 15 heavy (non-hydrogen) atoms. The van der Waals surface area contributed by atoms with Gasteiger partial charge in [-0.25, -0.2) is 13.8 Å². The van der Waals surface area contributed by atoms with Gasteiger partial charge in [0.05, 0.1) is 23.9 Å². The minimum Gasteiger partial charge on any atom is -0.397 e. The molecule has 3 nitrogen and oxygen atoms in total. The molecule has 1 heterocycles. The van der Waals surface area contributed by atoms with Crippen LogP contribution in [-0.4, -0.2) is 4.98 Å². The third kappa shape index (κ3) is 2.63. The molecule has 0 aromatic carbocycles. The lowest BCUT2D eigenvalue weighted by molar-refractivity contribution is 0.146. The standard InChI is InChI=1S/C9H8BrF2N3/c10-4-5-3-7(9(11)12)15-6(1-2-13)8(5)14/h3,9H,1,4,14H2. The molecule has 0 saturated heterocycles. The van der Waals surface area contributed by atoms with Crippen molar-refractivity contribution in [2.45, 2.75) is 18.2 Å². The largest absolute Gasteiger partial charge is 0.397 e. The average molecular weight is 276 g/mol. The van der Waals surface area contributed by atoms with Gasteiger partial charge in [-0.1, -0.05) is 15.9 Å². The zero-order valence-corrected chi connectivity index (χ0v) is 9.26. The number of anilines is 1. The van der Waals surface area contributed by atoms with Gasteiger partial charge in [-0.15, -0.1) is 0 Å². The van der Waals surface area contributed by atoms with Crippen molar-refractivity contribution in [3.63, 3.8) is 0 Å². The molecule has 0 spiro atoms. The van der Waals surface area contributed by atoms with Crippen molar-refractivity contribution in [2.75, 3.05) is 5.73 Å². The first kappa shape index (κ1) is 11.9. The van der Waals surface area contributed by atoms with Crippen LogP contribution >= 0.6 is 15.9 Å². The molecular formula is C9H8BrF2N3. The fourth-order valence-electron chi connectivity index (χ4n) is 1.12. The SMILES string of the molecule is N#CCc1nc(C(F)F)cc(CBr)c1N. The Morgan fingerprint density at radius 2 is 2.27 bits per heavy atom. The number of hydrogen-bond acceptors (Lipinski definition) is 3. The van der Waals surface area contributed by atoms with Gasteiger partial charge in [0.15, 0.2) is 0 Å². The topological polar surface area (TPSA) is 62.7 Å². The number of hydrogen-bond donors (Lipinski definition) is 1. The smallest absolute Gasteiger partial charge is 0.280 e. The number of rotatable bonds is 3. The first-order valence-corrected chi connectivity index (χ1v) is 5.21. The van der Waals surface area contributed by atoms with Crippen molar-refractivity contribution in [3.05, 3.63) is 23.0 Å². The van der Waals surface area contributed by atoms with Gasteiger partial charge < -0.3 is 5.73 Å². The predicted octanol–water partition coefficient (Wildman–Crippen LogP) is 2.56. The van der Waals surface area contributed by atoms with E-state index in [9.17, 15) is 8.78 Å². The Labute approximate surface area is 94.0 Å². The van der Waals surface area contributed by atoms with Gasteiger partial charge in [-0.3, -0.25) is 0 Å². The lowest BCUT2D eigenvalue weighted by atomic mass is 10.1. The first-order valence-electron chi connectivity index (χ1n) is 4.09. The molecule has 0 unspecified atom stereocenters. The number of pyridine rings is 1. The Hall–Kier alpha value is -1.22. The first-order chi connectivity index (χ1) is 7.10. The molecule has 0 fully saturated rings. The average Bonchev–Trinajstić information content (AvgIpc) is 2.21. The highest BCUT2D eigenvalue weighted by molar-refractivity contribution is 9.08. The lowest BCUT2D eigenvalue weighted by Gasteiger charge is -2.09. The van der Waals surface area contributed by atoms with E-state index in [1.54, 1.807) is 0 Å². The van der Waals surface area contributed by atoms with E-state index in [0.717, 1.165) is 0 Å². The normalized spacial score (nSPS) is 10.3. The van der Waals surface area contributed by atoms with Crippen LogP contribution in [0.4, 0.5) is 14.5 Å². The van der Waals surface area contributed by atoms with Crippen molar-refractivity contribution in [1.82, 2.24) is 4.98 Å². The van der Waals surface area contributed by atoms with Gasteiger partial charge in [0.25, 0.3) is 6.43 Å². The van der Waals surface area contributed by atoms with Crippen LogP contribution in [0.2, 0.25) is 0 Å². The van der Waals surface area contributed by atoms with Gasteiger partial charge in [0, 0.05) is 5.33 Å². The highest BCUT2D eigenvalue weighted by atomic mass is 79.9. The number of nitrogen functional groups attached to an aromatic ring is 1. The molecule has 0 aliphatic heterocycles. The minimum atomic E-state index is -2.65. The quantitative estimate of drug-likeness (QED) is 0.863. The maximum Gasteiger partial charge on any atom is 0.280 e. The summed E-state index contributed by atoms with van der Waals surface area (Å²) in [5.74, 6) is 0. The third-order valence-corrected chi connectivity index (χ3v) is 2.46. The Bertz CT molecular complexity index is 401. The second kappa shape index (κ2) is 5.03. The molecule has 0 saturated carbocycles. The van der Waals surface area contributed by atoms with Crippen molar-refractivity contribution in [2.24, 2.45) is 0 Å². The van der Waals surface area contributed by atoms with Crippen molar-refractivity contribution in [3.8, 4) is 6.07 Å². The van der Waals surface area contributed by atoms with E-state index >= 15 is 0 Å². The van der Waals surface area contributed by atoms with Crippen LogP contribution in [0.25, 0.3) is 0 Å². The second-order valence-corrected chi connectivity index (χ2v) is 3.40. The van der Waals surface area contributed by atoms with E-state index in [-0.39, 0.29) is 17.8 Å². The molecule has 80 valence electrons. The Morgan fingerprint density at radius 3 is 2.73 bits per heavy atom. The monoisotopic (exact) mass is 275 g/mol. The van der Waals surface area contributed by atoms with Gasteiger partial charge >= 0.3 is 0 Å². The maximum absolute atomic E-state index is 12.4. The number of halogens is 3. The number of aromatic nitrogens is 1. The molecule has 0 radical (unpaired) electrons. The van der Waals surface area contributed by atoms with Crippen LogP contribution < -0.4 is 5.73 Å². The minimum absolute atomic E-state index is 0.0631.